The van der Waals surface area contributed by atoms with Crippen LogP contribution in [-0.4, -0.2) is 39.2 Å². The van der Waals surface area contributed by atoms with Crippen LogP contribution in [0.5, 0.6) is 11.5 Å². The van der Waals surface area contributed by atoms with E-state index < -0.39 is 23.2 Å². The predicted molar refractivity (Wildman–Crippen MR) is 150 cm³/mol. The minimum absolute atomic E-state index is 0.0606. The topological polar surface area (TPSA) is 105 Å². The molecule has 2 N–H and O–H groups in total. The number of aryl methyl sites for hydroxylation is 1. The Morgan fingerprint density at radius 3 is 2.72 bits per heavy atom. The molecule has 2 atom stereocenters. The number of carbonyl (C=O) groups excluding carboxylic acids is 1. The van der Waals surface area contributed by atoms with E-state index in [0.29, 0.717) is 11.3 Å². The van der Waals surface area contributed by atoms with Crippen molar-refractivity contribution in [1.29, 1.82) is 0 Å². The van der Waals surface area contributed by atoms with Gasteiger partial charge in [-0.15, -0.1) is 0 Å². The summed E-state index contributed by atoms with van der Waals surface area (Å²) in [4.78, 5) is 40.4. The third-order valence-corrected chi connectivity index (χ3v) is 7.36. The average Bonchev–Trinajstić information content (AvgIpc) is 2.88. The highest BCUT2D eigenvalue weighted by molar-refractivity contribution is 5.72. The molecule has 1 aromatic heterocycles. The van der Waals surface area contributed by atoms with Crippen molar-refractivity contribution in [1.82, 2.24) is 14.5 Å². The monoisotopic (exact) mass is 541 g/mol. The van der Waals surface area contributed by atoms with Crippen LogP contribution in [0.15, 0.2) is 51.7 Å². The average molecular weight is 542 g/mol. The van der Waals surface area contributed by atoms with Crippen LogP contribution in [0, 0.1) is 11.7 Å². The van der Waals surface area contributed by atoms with Gasteiger partial charge in [0.2, 0.25) is 5.82 Å². The first-order valence-corrected chi connectivity index (χ1v) is 13.6. The van der Waals surface area contributed by atoms with E-state index in [-0.39, 0.29) is 37.1 Å². The van der Waals surface area contributed by atoms with Gasteiger partial charge < -0.3 is 19.7 Å². The highest BCUT2D eigenvalue weighted by atomic mass is 19.1. The lowest BCUT2D eigenvalue weighted by Crippen LogP contribution is -2.38. The predicted octanol–water partition coefficient (Wildman–Crippen LogP) is 5.65. The number of carbonyl (C=O) groups is 1. The number of nitrogens with one attached hydrogen (secondary N) is 1. The van der Waals surface area contributed by atoms with Crippen molar-refractivity contribution in [2.75, 3.05) is 13.6 Å². The van der Waals surface area contributed by atoms with Crippen molar-refractivity contribution < 1.29 is 19.0 Å². The Balaban J connectivity index is 1.84. The van der Waals surface area contributed by atoms with Crippen LogP contribution in [0.25, 0.3) is 0 Å². The summed E-state index contributed by atoms with van der Waals surface area (Å²) in [5.74, 6) is -0.711. The molecule has 1 amide bonds. The van der Waals surface area contributed by atoms with E-state index in [1.165, 1.54) is 10.5 Å². The van der Waals surface area contributed by atoms with E-state index in [9.17, 15) is 23.9 Å². The molecule has 0 aliphatic heterocycles. The van der Waals surface area contributed by atoms with Crippen molar-refractivity contribution in [3.8, 4) is 11.5 Å². The van der Waals surface area contributed by atoms with Crippen molar-refractivity contribution in [3.63, 3.8) is 0 Å². The second-order valence-electron chi connectivity index (χ2n) is 10.6. The van der Waals surface area contributed by atoms with E-state index in [1.54, 1.807) is 13.1 Å². The standard InChI is InChI=1S/C30H40FN3O5/c1-6-7-8-10-21-16-25(35)27(23-15-20(4)11-12-22(23)19(2)3)26(17-21)39-30(38)33(5)13-9-14-34-28(36)24(31)18-32-29(34)37/h15-18,22-23,35H,2,6-14H2,1,3-5H3,(H,32,37)/t22-,23+/m0/s1. The molecule has 1 aromatic carbocycles. The van der Waals surface area contributed by atoms with Crippen molar-refractivity contribution in [3.05, 3.63) is 79.9 Å². The minimum Gasteiger partial charge on any atom is -0.507 e. The number of nitrogens with zero attached hydrogens (tertiary/aromatic N) is 2. The fourth-order valence-electron chi connectivity index (χ4n) is 5.13. The fourth-order valence-corrected chi connectivity index (χ4v) is 5.13. The summed E-state index contributed by atoms with van der Waals surface area (Å²) in [5.41, 5.74) is 1.96. The van der Waals surface area contributed by atoms with Gasteiger partial charge in [-0.05, 0) is 69.6 Å². The number of phenols is 1. The summed E-state index contributed by atoms with van der Waals surface area (Å²) in [6.07, 6.45) is 8.13. The Kier molecular flexibility index (Phi) is 10.3. The number of H-pyrrole nitrogens is 1. The van der Waals surface area contributed by atoms with E-state index in [4.69, 9.17) is 4.74 Å². The molecule has 0 radical (unpaired) electrons. The van der Waals surface area contributed by atoms with Gasteiger partial charge in [0.1, 0.15) is 11.5 Å². The lowest BCUT2D eigenvalue weighted by molar-refractivity contribution is 0.161. The molecule has 0 saturated carbocycles. The molecular weight excluding hydrogens is 501 g/mol. The molecule has 3 rings (SSSR count). The summed E-state index contributed by atoms with van der Waals surface area (Å²) in [7, 11) is 1.55. The van der Waals surface area contributed by atoms with Crippen LogP contribution in [0.1, 0.15) is 76.3 Å². The maximum absolute atomic E-state index is 13.6. The normalized spacial score (nSPS) is 17.0. The maximum atomic E-state index is 13.6. The third-order valence-electron chi connectivity index (χ3n) is 7.36. The van der Waals surface area contributed by atoms with E-state index in [1.807, 2.05) is 13.0 Å². The summed E-state index contributed by atoms with van der Waals surface area (Å²) in [6.45, 7) is 10.4. The Hall–Kier alpha value is -3.62. The number of hydrogen-bond donors (Lipinski definition) is 2. The summed E-state index contributed by atoms with van der Waals surface area (Å²) >= 11 is 0. The van der Waals surface area contributed by atoms with Crippen molar-refractivity contribution >= 4 is 6.09 Å². The zero-order valence-electron chi connectivity index (χ0n) is 23.4. The number of aromatic nitrogens is 2. The van der Waals surface area contributed by atoms with Crippen LogP contribution in [0.3, 0.4) is 0 Å². The first-order chi connectivity index (χ1) is 18.5. The first-order valence-electron chi connectivity index (χ1n) is 13.6. The van der Waals surface area contributed by atoms with Gasteiger partial charge in [-0.1, -0.05) is 43.6 Å². The van der Waals surface area contributed by atoms with E-state index >= 15 is 0 Å². The fraction of sp³-hybridized carbons (Fsp3) is 0.500. The van der Waals surface area contributed by atoms with Crippen LogP contribution in [-0.2, 0) is 13.0 Å². The number of rotatable bonds is 11. The Bertz CT molecular complexity index is 1340. The van der Waals surface area contributed by atoms with Gasteiger partial charge in [-0.25, -0.2) is 9.59 Å². The van der Waals surface area contributed by atoms with Gasteiger partial charge in [0.25, 0.3) is 5.56 Å². The lowest BCUT2D eigenvalue weighted by Gasteiger charge is -2.32. The van der Waals surface area contributed by atoms with Gasteiger partial charge in [0.15, 0.2) is 0 Å². The van der Waals surface area contributed by atoms with Crippen LogP contribution in [0.4, 0.5) is 9.18 Å². The minimum atomic E-state index is -1.05. The zero-order valence-corrected chi connectivity index (χ0v) is 23.4. The highest BCUT2D eigenvalue weighted by Crippen LogP contribution is 2.47. The molecule has 0 saturated heterocycles. The number of ether oxygens (including phenoxy) is 1. The zero-order chi connectivity index (χ0) is 28.7. The molecule has 0 bridgehead atoms. The molecular formula is C30H40FN3O5. The number of hydrogen-bond acceptors (Lipinski definition) is 5. The molecule has 1 aliphatic carbocycles. The molecule has 0 spiro atoms. The largest absolute Gasteiger partial charge is 0.507 e. The van der Waals surface area contributed by atoms with Crippen LogP contribution < -0.4 is 16.0 Å². The lowest BCUT2D eigenvalue weighted by atomic mass is 9.73. The molecule has 0 fully saturated rings. The quantitative estimate of drug-likeness (QED) is 0.283. The van der Waals surface area contributed by atoms with Gasteiger partial charge in [-0.3, -0.25) is 9.36 Å². The molecule has 0 unspecified atom stereocenters. The van der Waals surface area contributed by atoms with Gasteiger partial charge >= 0.3 is 11.8 Å². The molecule has 212 valence electrons. The SMILES string of the molecule is C=C(C)[C@@H]1CCC(C)=C[C@H]1c1c(O)cc(CCCCC)cc1OC(=O)N(C)CCCn1c(=O)[nH]cc(F)c1=O. The molecule has 39 heavy (non-hydrogen) atoms. The molecule has 1 aliphatic rings. The molecule has 2 aromatic rings. The number of benzene rings is 1. The highest BCUT2D eigenvalue weighted by Gasteiger charge is 2.31. The number of aromatic hydroxyl groups is 1. The maximum Gasteiger partial charge on any atom is 0.414 e. The van der Waals surface area contributed by atoms with Crippen molar-refractivity contribution in [2.24, 2.45) is 5.92 Å². The number of amides is 1. The number of allylic oxidation sites excluding steroid dienone is 3. The van der Waals surface area contributed by atoms with Gasteiger partial charge in [0.05, 0.1) is 0 Å². The molecule has 9 heteroatoms. The smallest absolute Gasteiger partial charge is 0.414 e. The summed E-state index contributed by atoms with van der Waals surface area (Å²) < 4.78 is 20.2. The molecule has 8 nitrogen and oxygen atoms in total. The third kappa shape index (κ3) is 7.49. The Morgan fingerprint density at radius 2 is 2.03 bits per heavy atom. The Morgan fingerprint density at radius 1 is 1.28 bits per heavy atom. The van der Waals surface area contributed by atoms with E-state index in [0.717, 1.165) is 60.4 Å². The summed E-state index contributed by atoms with van der Waals surface area (Å²) in [5, 5.41) is 11.2. The number of phenolic OH excluding ortho intramolecular Hbond substituents is 1. The number of unbranched alkanes of at least 4 members (excludes halogenated alkanes) is 2. The Labute approximate surface area is 228 Å². The van der Waals surface area contributed by atoms with Crippen LogP contribution >= 0.6 is 0 Å². The number of halogens is 1. The van der Waals surface area contributed by atoms with Crippen LogP contribution in [0.2, 0.25) is 0 Å². The number of aromatic amines is 1. The second-order valence-corrected chi connectivity index (χ2v) is 10.6. The first kappa shape index (κ1) is 29.9. The van der Waals surface area contributed by atoms with Gasteiger partial charge in [0, 0.05) is 37.8 Å². The van der Waals surface area contributed by atoms with Gasteiger partial charge in [-0.2, -0.15) is 4.39 Å². The molecule has 1 heterocycles. The van der Waals surface area contributed by atoms with E-state index in [2.05, 4.69) is 31.5 Å². The van der Waals surface area contributed by atoms with Crippen molar-refractivity contribution in [2.45, 2.75) is 78.2 Å². The second kappa shape index (κ2) is 13.4. The summed E-state index contributed by atoms with van der Waals surface area (Å²) in [6, 6.07) is 3.61.